The SMILES string of the molecule is CCC1COC(c2ccc(C#Cc3ccc4cc(F)ccc4c3)cc2)OC1. The highest BCUT2D eigenvalue weighted by Gasteiger charge is 2.22. The van der Waals surface area contributed by atoms with Crippen molar-refractivity contribution in [1.82, 2.24) is 0 Å². The molecule has 27 heavy (non-hydrogen) atoms. The van der Waals surface area contributed by atoms with Gasteiger partial charge in [-0.05, 0) is 53.6 Å². The number of benzene rings is 3. The van der Waals surface area contributed by atoms with Crippen LogP contribution in [0.2, 0.25) is 0 Å². The van der Waals surface area contributed by atoms with Crippen LogP contribution in [0.4, 0.5) is 4.39 Å². The van der Waals surface area contributed by atoms with E-state index in [-0.39, 0.29) is 12.1 Å². The Morgan fingerprint density at radius 3 is 2.22 bits per heavy atom. The van der Waals surface area contributed by atoms with Crippen LogP contribution in [-0.2, 0) is 9.47 Å². The molecule has 136 valence electrons. The van der Waals surface area contributed by atoms with Crippen molar-refractivity contribution in [3.63, 3.8) is 0 Å². The zero-order valence-electron chi connectivity index (χ0n) is 15.2. The first-order valence-corrected chi connectivity index (χ1v) is 9.26. The molecule has 3 aromatic rings. The molecule has 3 heteroatoms. The van der Waals surface area contributed by atoms with E-state index in [1.165, 1.54) is 12.1 Å². The molecule has 1 heterocycles. The average Bonchev–Trinajstić information content (AvgIpc) is 2.72. The van der Waals surface area contributed by atoms with Gasteiger partial charge in [0.15, 0.2) is 6.29 Å². The van der Waals surface area contributed by atoms with Crippen molar-refractivity contribution in [2.45, 2.75) is 19.6 Å². The Morgan fingerprint density at radius 2 is 1.48 bits per heavy atom. The van der Waals surface area contributed by atoms with Crippen LogP contribution in [0.1, 0.15) is 36.3 Å². The van der Waals surface area contributed by atoms with Gasteiger partial charge in [-0.25, -0.2) is 4.39 Å². The van der Waals surface area contributed by atoms with Gasteiger partial charge in [0, 0.05) is 22.6 Å². The molecule has 0 radical (unpaired) electrons. The molecule has 0 N–H and O–H groups in total. The van der Waals surface area contributed by atoms with Crippen molar-refractivity contribution in [1.29, 1.82) is 0 Å². The largest absolute Gasteiger partial charge is 0.348 e. The van der Waals surface area contributed by atoms with Crippen LogP contribution in [0.5, 0.6) is 0 Å². The van der Waals surface area contributed by atoms with Crippen LogP contribution in [0.25, 0.3) is 10.8 Å². The number of rotatable bonds is 2. The second-order valence-corrected chi connectivity index (χ2v) is 6.85. The molecule has 0 bridgehead atoms. The first kappa shape index (κ1) is 17.7. The molecule has 3 aromatic carbocycles. The maximum Gasteiger partial charge on any atom is 0.183 e. The quantitative estimate of drug-likeness (QED) is 0.566. The summed E-state index contributed by atoms with van der Waals surface area (Å²) in [5.74, 6) is 6.62. The molecule has 0 aliphatic carbocycles. The van der Waals surface area contributed by atoms with E-state index in [0.717, 1.165) is 47.1 Å². The first-order chi connectivity index (χ1) is 13.2. The Bertz CT molecular complexity index is 990. The van der Waals surface area contributed by atoms with Crippen LogP contribution in [0.15, 0.2) is 60.7 Å². The minimum absolute atomic E-state index is 0.224. The van der Waals surface area contributed by atoms with E-state index in [1.54, 1.807) is 6.07 Å². The molecule has 0 saturated carbocycles. The van der Waals surface area contributed by atoms with Gasteiger partial charge in [-0.15, -0.1) is 0 Å². The van der Waals surface area contributed by atoms with Gasteiger partial charge in [-0.2, -0.15) is 0 Å². The first-order valence-electron chi connectivity index (χ1n) is 9.26. The number of halogens is 1. The Kier molecular flexibility index (Phi) is 5.20. The lowest BCUT2D eigenvalue weighted by Gasteiger charge is -2.29. The molecule has 1 aliphatic heterocycles. The highest BCUT2D eigenvalue weighted by molar-refractivity contribution is 5.83. The lowest BCUT2D eigenvalue weighted by Crippen LogP contribution is -2.26. The summed E-state index contributed by atoms with van der Waals surface area (Å²) in [6, 6.07) is 18.5. The third kappa shape index (κ3) is 4.19. The summed E-state index contributed by atoms with van der Waals surface area (Å²) >= 11 is 0. The van der Waals surface area contributed by atoms with E-state index >= 15 is 0 Å². The minimum atomic E-state index is -0.282. The van der Waals surface area contributed by atoms with Gasteiger partial charge in [0.1, 0.15) is 5.82 Å². The molecule has 0 unspecified atom stereocenters. The van der Waals surface area contributed by atoms with Crippen molar-refractivity contribution in [2.24, 2.45) is 5.92 Å². The topological polar surface area (TPSA) is 18.5 Å². The molecule has 2 nitrogen and oxygen atoms in total. The van der Waals surface area contributed by atoms with E-state index in [9.17, 15) is 4.39 Å². The van der Waals surface area contributed by atoms with Gasteiger partial charge in [-0.3, -0.25) is 0 Å². The molecule has 0 atom stereocenters. The van der Waals surface area contributed by atoms with Gasteiger partial charge in [0.2, 0.25) is 0 Å². The summed E-state index contributed by atoms with van der Waals surface area (Å²) in [5.41, 5.74) is 2.85. The van der Waals surface area contributed by atoms with E-state index in [0.29, 0.717) is 5.92 Å². The summed E-state index contributed by atoms with van der Waals surface area (Å²) in [4.78, 5) is 0. The van der Waals surface area contributed by atoms with Crippen LogP contribution in [0.3, 0.4) is 0 Å². The standard InChI is InChI=1S/C24H21FO2/c1-2-17-15-26-24(27-16-17)20-8-5-18(6-9-20)3-4-19-7-10-22-14-23(25)12-11-21(22)13-19/h5-14,17,24H,2,15-16H2,1H3. The molecular formula is C24H21FO2. The summed E-state index contributed by atoms with van der Waals surface area (Å²) in [7, 11) is 0. The summed E-state index contributed by atoms with van der Waals surface area (Å²) in [6.45, 7) is 3.64. The van der Waals surface area contributed by atoms with Gasteiger partial charge in [0.25, 0.3) is 0 Å². The summed E-state index contributed by atoms with van der Waals surface area (Å²) < 4.78 is 24.9. The molecule has 1 fully saturated rings. The smallest absolute Gasteiger partial charge is 0.183 e. The van der Waals surface area contributed by atoms with E-state index < -0.39 is 0 Å². The lowest BCUT2D eigenvalue weighted by atomic mass is 10.1. The maximum absolute atomic E-state index is 13.3. The normalized spacial score (nSPS) is 19.5. The van der Waals surface area contributed by atoms with Gasteiger partial charge in [-0.1, -0.05) is 43.0 Å². The second-order valence-electron chi connectivity index (χ2n) is 6.85. The fraction of sp³-hybridized carbons (Fsp3) is 0.250. The van der Waals surface area contributed by atoms with Crippen molar-refractivity contribution in [3.05, 3.63) is 83.2 Å². The van der Waals surface area contributed by atoms with E-state index in [1.807, 2.05) is 42.5 Å². The monoisotopic (exact) mass is 360 g/mol. The second kappa shape index (κ2) is 7.92. The molecule has 0 amide bonds. The van der Waals surface area contributed by atoms with Gasteiger partial charge < -0.3 is 9.47 Å². The average molecular weight is 360 g/mol. The Morgan fingerprint density at radius 1 is 0.852 bits per heavy atom. The molecular weight excluding hydrogens is 339 g/mol. The minimum Gasteiger partial charge on any atom is -0.348 e. The van der Waals surface area contributed by atoms with Crippen LogP contribution >= 0.6 is 0 Å². The van der Waals surface area contributed by atoms with Crippen LogP contribution < -0.4 is 0 Å². The third-order valence-corrected chi connectivity index (χ3v) is 4.88. The van der Waals surface area contributed by atoms with Gasteiger partial charge in [0.05, 0.1) is 13.2 Å². The Hall–Kier alpha value is -2.67. The predicted octanol–water partition coefficient (Wildman–Crippen LogP) is 5.45. The van der Waals surface area contributed by atoms with Crippen LogP contribution in [0, 0.1) is 23.6 Å². The number of fused-ring (bicyclic) bond motifs is 1. The van der Waals surface area contributed by atoms with Crippen LogP contribution in [-0.4, -0.2) is 13.2 Å². The molecule has 4 rings (SSSR count). The molecule has 1 aliphatic rings. The fourth-order valence-corrected chi connectivity index (χ4v) is 3.13. The zero-order chi connectivity index (χ0) is 18.6. The van der Waals surface area contributed by atoms with Crippen molar-refractivity contribution < 1.29 is 13.9 Å². The van der Waals surface area contributed by atoms with Crippen molar-refractivity contribution >= 4 is 10.8 Å². The highest BCUT2D eigenvalue weighted by atomic mass is 19.1. The predicted molar refractivity (Wildman–Crippen MR) is 105 cm³/mol. The number of ether oxygens (including phenoxy) is 2. The van der Waals surface area contributed by atoms with Gasteiger partial charge >= 0.3 is 0 Å². The summed E-state index contributed by atoms with van der Waals surface area (Å²) in [6.07, 6.45) is 0.793. The Balaban J connectivity index is 1.47. The molecule has 0 spiro atoms. The molecule has 1 saturated heterocycles. The third-order valence-electron chi connectivity index (χ3n) is 4.88. The van der Waals surface area contributed by atoms with E-state index in [2.05, 4.69) is 18.8 Å². The number of hydrogen-bond donors (Lipinski definition) is 0. The summed E-state index contributed by atoms with van der Waals surface area (Å²) in [5, 5.41) is 1.86. The highest BCUT2D eigenvalue weighted by Crippen LogP contribution is 2.26. The van der Waals surface area contributed by atoms with Crippen molar-refractivity contribution in [2.75, 3.05) is 13.2 Å². The lowest BCUT2D eigenvalue weighted by molar-refractivity contribution is -0.205. The maximum atomic E-state index is 13.3. The van der Waals surface area contributed by atoms with Crippen molar-refractivity contribution in [3.8, 4) is 11.8 Å². The molecule has 0 aromatic heterocycles. The number of hydrogen-bond acceptors (Lipinski definition) is 2. The zero-order valence-corrected chi connectivity index (χ0v) is 15.2. The Labute approximate surface area is 158 Å². The van der Waals surface area contributed by atoms with E-state index in [4.69, 9.17) is 9.47 Å². The fourth-order valence-electron chi connectivity index (χ4n) is 3.13.